The van der Waals surface area contributed by atoms with E-state index in [0.717, 1.165) is 25.7 Å². The summed E-state index contributed by atoms with van der Waals surface area (Å²) in [6.45, 7) is 16.2. The van der Waals surface area contributed by atoms with Crippen molar-refractivity contribution in [2.24, 2.45) is 5.92 Å². The van der Waals surface area contributed by atoms with Gasteiger partial charge in [0.15, 0.2) is 0 Å². The van der Waals surface area contributed by atoms with Crippen molar-refractivity contribution in [1.82, 2.24) is 0 Å². The molecule has 1 atom stereocenters. The summed E-state index contributed by atoms with van der Waals surface area (Å²) in [6.07, 6.45) is 7.73. The minimum Gasteiger partial charge on any atom is -0.457 e. The first-order valence-corrected chi connectivity index (χ1v) is 10.1. The van der Waals surface area contributed by atoms with Gasteiger partial charge in [-0.25, -0.2) is 4.79 Å². The molecule has 1 aromatic rings. The third kappa shape index (κ3) is 8.69. The molecule has 0 radical (unpaired) electrons. The minimum absolute atomic E-state index is 0.250. The Morgan fingerprint density at radius 2 is 1.85 bits per heavy atom. The summed E-state index contributed by atoms with van der Waals surface area (Å²) in [5.74, 6) is 0.465. The van der Waals surface area contributed by atoms with E-state index in [1.165, 1.54) is 36.0 Å². The van der Waals surface area contributed by atoms with Gasteiger partial charge in [0.2, 0.25) is 0 Å². The van der Waals surface area contributed by atoms with Gasteiger partial charge in [-0.3, -0.25) is 0 Å². The van der Waals surface area contributed by atoms with Gasteiger partial charge in [-0.05, 0) is 77.3 Å². The molecular formula is C24H38O2. The zero-order valence-electron chi connectivity index (χ0n) is 17.8. The van der Waals surface area contributed by atoms with E-state index in [1.807, 2.05) is 20.8 Å². The zero-order chi connectivity index (χ0) is 19.7. The van der Waals surface area contributed by atoms with E-state index in [9.17, 15) is 4.79 Å². The Bertz CT molecular complexity index is 593. The Hall–Kier alpha value is -1.57. The molecule has 0 amide bonds. The van der Waals surface area contributed by atoms with Crippen LogP contribution >= 0.6 is 0 Å². The smallest absolute Gasteiger partial charge is 0.333 e. The van der Waals surface area contributed by atoms with E-state index in [2.05, 4.69) is 45.5 Å². The monoisotopic (exact) mass is 358 g/mol. The molecular weight excluding hydrogens is 320 g/mol. The molecule has 0 bridgehead atoms. The number of hydrogen-bond donors (Lipinski definition) is 0. The lowest BCUT2D eigenvalue weighted by atomic mass is 9.89. The zero-order valence-corrected chi connectivity index (χ0v) is 17.8. The van der Waals surface area contributed by atoms with Crippen molar-refractivity contribution in [2.75, 3.05) is 0 Å². The summed E-state index contributed by atoms with van der Waals surface area (Å²) in [6, 6.07) is 6.76. The fourth-order valence-electron chi connectivity index (χ4n) is 3.38. The fourth-order valence-corrected chi connectivity index (χ4v) is 3.38. The minimum atomic E-state index is -0.448. The Morgan fingerprint density at radius 3 is 2.42 bits per heavy atom. The average molecular weight is 359 g/mol. The lowest BCUT2D eigenvalue weighted by Crippen LogP contribution is -2.24. The standard InChI is InChI=1S/C24H38O2/c1-8-10-21(14-16-22-15-13-18(2)17-20(22)4)12-9-11-19(3)23(25)26-24(5,6)7/h13,15,17,21H,3,8-12,14,16H2,1-2,4-7H3. The van der Waals surface area contributed by atoms with Crippen LogP contribution in [0, 0.1) is 19.8 Å². The molecule has 0 fully saturated rings. The largest absolute Gasteiger partial charge is 0.457 e. The van der Waals surface area contributed by atoms with Crippen molar-refractivity contribution in [1.29, 1.82) is 0 Å². The molecule has 146 valence electrons. The van der Waals surface area contributed by atoms with E-state index in [0.29, 0.717) is 11.5 Å². The molecule has 0 spiro atoms. The van der Waals surface area contributed by atoms with Gasteiger partial charge in [0.05, 0.1) is 0 Å². The van der Waals surface area contributed by atoms with Crippen LogP contribution in [0.25, 0.3) is 0 Å². The maximum atomic E-state index is 12.0. The molecule has 0 aromatic heterocycles. The van der Waals surface area contributed by atoms with Crippen LogP contribution in [0.1, 0.15) is 82.9 Å². The molecule has 0 aliphatic heterocycles. The van der Waals surface area contributed by atoms with Gasteiger partial charge in [0.1, 0.15) is 5.60 Å². The lowest BCUT2D eigenvalue weighted by molar-refractivity contribution is -0.150. The van der Waals surface area contributed by atoms with Crippen LogP contribution in [0.5, 0.6) is 0 Å². The number of ether oxygens (including phenoxy) is 1. The first-order valence-electron chi connectivity index (χ1n) is 10.1. The third-order valence-electron chi connectivity index (χ3n) is 4.80. The van der Waals surface area contributed by atoms with Crippen molar-refractivity contribution in [3.8, 4) is 0 Å². The predicted octanol–water partition coefficient (Wildman–Crippen LogP) is 6.72. The van der Waals surface area contributed by atoms with Crippen molar-refractivity contribution < 1.29 is 9.53 Å². The van der Waals surface area contributed by atoms with Gasteiger partial charge in [0.25, 0.3) is 0 Å². The van der Waals surface area contributed by atoms with E-state index < -0.39 is 5.60 Å². The maximum Gasteiger partial charge on any atom is 0.333 e. The third-order valence-corrected chi connectivity index (χ3v) is 4.80. The number of carbonyl (C=O) groups excluding carboxylic acids is 1. The summed E-state index contributed by atoms with van der Waals surface area (Å²) >= 11 is 0. The van der Waals surface area contributed by atoms with Crippen LogP contribution in [-0.2, 0) is 16.0 Å². The molecule has 0 saturated carbocycles. The molecule has 1 aromatic carbocycles. The number of esters is 1. The van der Waals surface area contributed by atoms with Crippen LogP contribution in [0.15, 0.2) is 30.4 Å². The highest BCUT2D eigenvalue weighted by Crippen LogP contribution is 2.24. The highest BCUT2D eigenvalue weighted by atomic mass is 16.6. The molecule has 0 heterocycles. The van der Waals surface area contributed by atoms with Crippen LogP contribution in [0.4, 0.5) is 0 Å². The quantitative estimate of drug-likeness (QED) is 0.343. The number of hydrogen-bond acceptors (Lipinski definition) is 2. The van der Waals surface area contributed by atoms with Crippen LogP contribution in [0.2, 0.25) is 0 Å². The molecule has 26 heavy (non-hydrogen) atoms. The number of rotatable bonds is 10. The second-order valence-electron chi connectivity index (χ2n) is 8.62. The normalized spacial score (nSPS) is 12.7. The molecule has 2 heteroatoms. The van der Waals surface area contributed by atoms with Crippen LogP contribution in [0.3, 0.4) is 0 Å². The van der Waals surface area contributed by atoms with Crippen molar-refractivity contribution in [3.63, 3.8) is 0 Å². The first kappa shape index (κ1) is 22.5. The number of aryl methyl sites for hydroxylation is 3. The highest BCUT2D eigenvalue weighted by Gasteiger charge is 2.18. The molecule has 2 nitrogen and oxygen atoms in total. The SMILES string of the molecule is C=C(CCCC(CCC)CCc1ccc(C)cc1C)C(=O)OC(C)(C)C. The second kappa shape index (κ2) is 10.5. The second-order valence-corrected chi connectivity index (χ2v) is 8.62. The van der Waals surface area contributed by atoms with Gasteiger partial charge >= 0.3 is 5.97 Å². The topological polar surface area (TPSA) is 26.3 Å². The summed E-state index contributed by atoms with van der Waals surface area (Å²) in [5.41, 5.74) is 4.35. The Kier molecular flexibility index (Phi) is 9.12. The Balaban J connectivity index is 2.45. The molecule has 0 saturated heterocycles. The Labute approximate surface area is 161 Å². The number of carbonyl (C=O) groups is 1. The predicted molar refractivity (Wildman–Crippen MR) is 111 cm³/mol. The number of benzene rings is 1. The first-order chi connectivity index (χ1) is 12.1. The van der Waals surface area contributed by atoms with Gasteiger partial charge in [-0.2, -0.15) is 0 Å². The Morgan fingerprint density at radius 1 is 1.15 bits per heavy atom. The molecule has 0 aliphatic rings. The summed E-state index contributed by atoms with van der Waals surface area (Å²) in [4.78, 5) is 12.0. The lowest BCUT2D eigenvalue weighted by Gasteiger charge is -2.21. The molecule has 0 aliphatic carbocycles. The summed E-state index contributed by atoms with van der Waals surface area (Å²) in [7, 11) is 0. The fraction of sp³-hybridized carbons (Fsp3) is 0.625. The van der Waals surface area contributed by atoms with E-state index >= 15 is 0 Å². The highest BCUT2D eigenvalue weighted by molar-refractivity contribution is 5.87. The van der Waals surface area contributed by atoms with Gasteiger partial charge < -0.3 is 4.74 Å². The van der Waals surface area contributed by atoms with E-state index in [1.54, 1.807) is 0 Å². The summed E-state index contributed by atoms with van der Waals surface area (Å²) in [5, 5.41) is 0. The van der Waals surface area contributed by atoms with Gasteiger partial charge in [0, 0.05) is 5.57 Å². The van der Waals surface area contributed by atoms with Crippen molar-refractivity contribution in [2.45, 2.75) is 92.1 Å². The maximum absolute atomic E-state index is 12.0. The van der Waals surface area contributed by atoms with E-state index in [-0.39, 0.29) is 5.97 Å². The summed E-state index contributed by atoms with van der Waals surface area (Å²) < 4.78 is 5.39. The van der Waals surface area contributed by atoms with Crippen LogP contribution in [-0.4, -0.2) is 11.6 Å². The van der Waals surface area contributed by atoms with Gasteiger partial charge in [-0.1, -0.05) is 56.5 Å². The van der Waals surface area contributed by atoms with E-state index in [4.69, 9.17) is 4.74 Å². The van der Waals surface area contributed by atoms with Crippen molar-refractivity contribution >= 4 is 5.97 Å². The molecule has 1 rings (SSSR count). The van der Waals surface area contributed by atoms with Crippen molar-refractivity contribution in [3.05, 3.63) is 47.0 Å². The molecule has 1 unspecified atom stereocenters. The molecule has 0 N–H and O–H groups in total. The average Bonchev–Trinajstić information content (AvgIpc) is 2.52. The van der Waals surface area contributed by atoms with Gasteiger partial charge in [-0.15, -0.1) is 0 Å². The van der Waals surface area contributed by atoms with Crippen LogP contribution < -0.4 is 0 Å².